The molecule has 1 rings (SSSR count). The number of ether oxygens (including phenoxy) is 2. The SMILES string of the molecule is CCC(N)Cc1ccccc1OCCOC(C)C. The molecule has 0 heterocycles. The normalized spacial score (nSPS) is 12.7. The van der Waals surface area contributed by atoms with Crippen molar-refractivity contribution in [2.24, 2.45) is 5.73 Å². The Morgan fingerprint density at radius 1 is 1.17 bits per heavy atom. The predicted molar refractivity (Wildman–Crippen MR) is 75.0 cm³/mol. The predicted octanol–water partition coefficient (Wildman–Crippen LogP) is 2.77. The van der Waals surface area contributed by atoms with Gasteiger partial charge in [-0.25, -0.2) is 0 Å². The first-order chi connectivity index (χ1) is 8.63. The minimum Gasteiger partial charge on any atom is -0.491 e. The van der Waals surface area contributed by atoms with E-state index in [1.807, 2.05) is 32.0 Å². The molecule has 0 aromatic heterocycles. The summed E-state index contributed by atoms with van der Waals surface area (Å²) in [5.74, 6) is 0.925. The van der Waals surface area contributed by atoms with Crippen molar-refractivity contribution in [1.29, 1.82) is 0 Å². The van der Waals surface area contributed by atoms with Gasteiger partial charge >= 0.3 is 0 Å². The van der Waals surface area contributed by atoms with Gasteiger partial charge in [0.25, 0.3) is 0 Å². The molecule has 102 valence electrons. The van der Waals surface area contributed by atoms with Gasteiger partial charge in [0.1, 0.15) is 12.4 Å². The Labute approximate surface area is 110 Å². The molecular weight excluding hydrogens is 226 g/mol. The van der Waals surface area contributed by atoms with Gasteiger partial charge in [0.15, 0.2) is 0 Å². The second-order valence-electron chi connectivity index (χ2n) is 4.75. The van der Waals surface area contributed by atoms with E-state index in [0.717, 1.165) is 18.6 Å². The molecule has 3 nitrogen and oxygen atoms in total. The van der Waals surface area contributed by atoms with Crippen molar-refractivity contribution in [3.8, 4) is 5.75 Å². The standard InChI is InChI=1S/C15H25NO2/c1-4-14(16)11-13-7-5-6-8-15(13)18-10-9-17-12(2)3/h5-8,12,14H,4,9-11,16H2,1-3H3. The van der Waals surface area contributed by atoms with Crippen molar-refractivity contribution in [3.63, 3.8) is 0 Å². The molecule has 2 N–H and O–H groups in total. The van der Waals surface area contributed by atoms with Gasteiger partial charge < -0.3 is 15.2 Å². The highest BCUT2D eigenvalue weighted by atomic mass is 16.5. The van der Waals surface area contributed by atoms with Crippen LogP contribution in [0.5, 0.6) is 5.75 Å². The van der Waals surface area contributed by atoms with Gasteiger partial charge in [-0.2, -0.15) is 0 Å². The van der Waals surface area contributed by atoms with Crippen LogP contribution >= 0.6 is 0 Å². The second kappa shape index (κ2) is 8.11. The summed E-state index contributed by atoms with van der Waals surface area (Å²) in [6, 6.07) is 8.28. The summed E-state index contributed by atoms with van der Waals surface area (Å²) in [5.41, 5.74) is 7.17. The lowest BCUT2D eigenvalue weighted by Gasteiger charge is -2.15. The van der Waals surface area contributed by atoms with Crippen LogP contribution in [0.2, 0.25) is 0 Å². The van der Waals surface area contributed by atoms with Crippen LogP contribution in [0.1, 0.15) is 32.8 Å². The van der Waals surface area contributed by atoms with Crippen LogP contribution in [-0.2, 0) is 11.2 Å². The third-order valence-corrected chi connectivity index (χ3v) is 2.77. The van der Waals surface area contributed by atoms with Crippen molar-refractivity contribution in [3.05, 3.63) is 29.8 Å². The number of rotatable bonds is 8. The lowest BCUT2D eigenvalue weighted by Crippen LogP contribution is -2.22. The molecule has 1 aromatic carbocycles. The molecule has 18 heavy (non-hydrogen) atoms. The highest BCUT2D eigenvalue weighted by Gasteiger charge is 2.07. The smallest absolute Gasteiger partial charge is 0.122 e. The lowest BCUT2D eigenvalue weighted by atomic mass is 10.0. The quantitative estimate of drug-likeness (QED) is 0.723. The minimum absolute atomic E-state index is 0.196. The van der Waals surface area contributed by atoms with Crippen molar-refractivity contribution in [2.75, 3.05) is 13.2 Å². The van der Waals surface area contributed by atoms with Crippen molar-refractivity contribution >= 4 is 0 Å². The van der Waals surface area contributed by atoms with Gasteiger partial charge in [-0.3, -0.25) is 0 Å². The van der Waals surface area contributed by atoms with E-state index in [4.69, 9.17) is 15.2 Å². The molecule has 0 saturated heterocycles. The van der Waals surface area contributed by atoms with E-state index in [0.29, 0.717) is 13.2 Å². The maximum atomic E-state index is 5.99. The van der Waals surface area contributed by atoms with E-state index >= 15 is 0 Å². The van der Waals surface area contributed by atoms with E-state index in [1.165, 1.54) is 5.56 Å². The zero-order valence-corrected chi connectivity index (χ0v) is 11.7. The molecule has 3 heteroatoms. The third-order valence-electron chi connectivity index (χ3n) is 2.77. The number of benzene rings is 1. The van der Waals surface area contributed by atoms with Crippen LogP contribution in [0.25, 0.3) is 0 Å². The van der Waals surface area contributed by atoms with Gasteiger partial charge in [-0.1, -0.05) is 25.1 Å². The summed E-state index contributed by atoms with van der Waals surface area (Å²) in [6.07, 6.45) is 2.08. The maximum absolute atomic E-state index is 5.99. The summed E-state index contributed by atoms with van der Waals surface area (Å²) in [5, 5.41) is 0. The third kappa shape index (κ3) is 5.52. The Morgan fingerprint density at radius 3 is 2.56 bits per heavy atom. The van der Waals surface area contributed by atoms with Gasteiger partial charge in [0.2, 0.25) is 0 Å². The van der Waals surface area contributed by atoms with Crippen LogP contribution in [0.3, 0.4) is 0 Å². The van der Waals surface area contributed by atoms with Crippen molar-refractivity contribution in [2.45, 2.75) is 45.8 Å². The molecule has 0 spiro atoms. The Bertz CT molecular complexity index is 339. The van der Waals surface area contributed by atoms with E-state index in [-0.39, 0.29) is 12.1 Å². The summed E-state index contributed by atoms with van der Waals surface area (Å²) in [4.78, 5) is 0. The van der Waals surface area contributed by atoms with Crippen molar-refractivity contribution in [1.82, 2.24) is 0 Å². The molecule has 0 aliphatic rings. The highest BCUT2D eigenvalue weighted by Crippen LogP contribution is 2.19. The number of hydrogen-bond acceptors (Lipinski definition) is 3. The molecule has 0 bridgehead atoms. The minimum atomic E-state index is 0.196. The van der Waals surface area contributed by atoms with Crippen LogP contribution in [0, 0.1) is 0 Å². The molecular formula is C15H25NO2. The summed E-state index contributed by atoms with van der Waals surface area (Å²) in [6.45, 7) is 7.34. The highest BCUT2D eigenvalue weighted by molar-refractivity contribution is 5.33. The maximum Gasteiger partial charge on any atom is 0.122 e. The average molecular weight is 251 g/mol. The first kappa shape index (κ1) is 15.0. The van der Waals surface area contributed by atoms with Crippen LogP contribution < -0.4 is 10.5 Å². The fourth-order valence-electron chi connectivity index (χ4n) is 1.68. The van der Waals surface area contributed by atoms with E-state index < -0.39 is 0 Å². The largest absolute Gasteiger partial charge is 0.491 e. The first-order valence-corrected chi connectivity index (χ1v) is 6.71. The molecule has 1 unspecified atom stereocenters. The average Bonchev–Trinajstić information content (AvgIpc) is 2.36. The number of para-hydroxylation sites is 1. The fraction of sp³-hybridized carbons (Fsp3) is 0.600. The molecule has 0 amide bonds. The molecule has 0 aliphatic carbocycles. The Hall–Kier alpha value is -1.06. The van der Waals surface area contributed by atoms with Crippen LogP contribution in [0.4, 0.5) is 0 Å². The topological polar surface area (TPSA) is 44.5 Å². The second-order valence-corrected chi connectivity index (χ2v) is 4.75. The van der Waals surface area contributed by atoms with Gasteiger partial charge in [-0.05, 0) is 38.3 Å². The molecule has 1 aromatic rings. The first-order valence-electron chi connectivity index (χ1n) is 6.71. The lowest BCUT2D eigenvalue weighted by molar-refractivity contribution is 0.0550. The summed E-state index contributed by atoms with van der Waals surface area (Å²) >= 11 is 0. The van der Waals surface area contributed by atoms with Gasteiger partial charge in [-0.15, -0.1) is 0 Å². The molecule has 0 saturated carbocycles. The molecule has 0 radical (unpaired) electrons. The molecule has 0 fully saturated rings. The summed E-state index contributed by atoms with van der Waals surface area (Å²) < 4.78 is 11.2. The van der Waals surface area contributed by atoms with Gasteiger partial charge in [0, 0.05) is 6.04 Å². The van der Waals surface area contributed by atoms with E-state index in [2.05, 4.69) is 13.0 Å². The van der Waals surface area contributed by atoms with Crippen molar-refractivity contribution < 1.29 is 9.47 Å². The molecule has 1 atom stereocenters. The monoisotopic (exact) mass is 251 g/mol. The number of hydrogen-bond donors (Lipinski definition) is 1. The van der Waals surface area contributed by atoms with Crippen LogP contribution in [-0.4, -0.2) is 25.4 Å². The number of nitrogens with two attached hydrogens (primary N) is 1. The van der Waals surface area contributed by atoms with Gasteiger partial charge in [0.05, 0.1) is 12.7 Å². The summed E-state index contributed by atoms with van der Waals surface area (Å²) in [7, 11) is 0. The fourth-order valence-corrected chi connectivity index (χ4v) is 1.68. The molecule has 0 aliphatic heterocycles. The Kier molecular flexibility index (Phi) is 6.76. The zero-order chi connectivity index (χ0) is 13.4. The van der Waals surface area contributed by atoms with Crippen LogP contribution in [0.15, 0.2) is 24.3 Å². The van der Waals surface area contributed by atoms with E-state index in [9.17, 15) is 0 Å². The zero-order valence-electron chi connectivity index (χ0n) is 11.7. The Balaban J connectivity index is 2.48. The van der Waals surface area contributed by atoms with E-state index in [1.54, 1.807) is 0 Å². The Morgan fingerprint density at radius 2 is 1.89 bits per heavy atom.